The van der Waals surface area contributed by atoms with E-state index in [1.165, 1.54) is 22.4 Å². The van der Waals surface area contributed by atoms with Crippen LogP contribution < -0.4 is 9.80 Å². The van der Waals surface area contributed by atoms with Gasteiger partial charge in [-0.2, -0.15) is 0 Å². The lowest BCUT2D eigenvalue weighted by Gasteiger charge is -2.30. The summed E-state index contributed by atoms with van der Waals surface area (Å²) < 4.78 is 0. The van der Waals surface area contributed by atoms with E-state index in [9.17, 15) is 0 Å². The number of aromatic nitrogens is 1. The highest BCUT2D eigenvalue weighted by Gasteiger charge is 2.19. The minimum Gasteiger partial charge on any atom is -0.361 e. The van der Waals surface area contributed by atoms with Gasteiger partial charge in [0.2, 0.25) is 0 Å². The molecule has 1 aliphatic heterocycles. The van der Waals surface area contributed by atoms with Crippen molar-refractivity contribution in [2.24, 2.45) is 0 Å². The van der Waals surface area contributed by atoms with Gasteiger partial charge in [-0.15, -0.1) is 0 Å². The lowest BCUT2D eigenvalue weighted by molar-refractivity contribution is 0.496. The number of hydrogen-bond donors (Lipinski definition) is 0. The zero-order valence-electron chi connectivity index (χ0n) is 22.6. The molecule has 1 aromatic heterocycles. The molecule has 6 rings (SSSR count). The van der Waals surface area contributed by atoms with Crippen LogP contribution in [0.5, 0.6) is 0 Å². The van der Waals surface area contributed by atoms with Crippen LogP contribution in [0.3, 0.4) is 0 Å². The van der Waals surface area contributed by atoms with Gasteiger partial charge in [0.25, 0.3) is 0 Å². The fraction of sp³-hybridized carbons (Fsp3) is 0.114. The lowest BCUT2D eigenvalue weighted by atomic mass is 10.0. The summed E-state index contributed by atoms with van der Waals surface area (Å²) in [7, 11) is 2.09. The summed E-state index contributed by atoms with van der Waals surface area (Å²) in [5, 5.41) is 0. The van der Waals surface area contributed by atoms with E-state index in [0.29, 0.717) is 0 Å². The van der Waals surface area contributed by atoms with Gasteiger partial charge in [0.05, 0.1) is 18.1 Å². The second-order valence-corrected chi connectivity index (χ2v) is 10.1. The Balaban J connectivity index is 1.46. The predicted octanol–water partition coefficient (Wildman–Crippen LogP) is 8.68. The van der Waals surface area contributed by atoms with Gasteiger partial charge in [0.15, 0.2) is 0 Å². The van der Waals surface area contributed by atoms with Crippen molar-refractivity contribution >= 4 is 22.7 Å². The van der Waals surface area contributed by atoms with Crippen LogP contribution in [-0.4, -0.2) is 23.6 Å². The molecule has 0 fully saturated rings. The molecule has 0 N–H and O–H groups in total. The molecular formula is C35H32N4. The number of para-hydroxylation sites is 1. The molecule has 1 aliphatic rings. The Morgan fingerprint density at radius 3 is 2.08 bits per heavy atom. The van der Waals surface area contributed by atoms with Crippen LogP contribution in [0.1, 0.15) is 11.1 Å². The van der Waals surface area contributed by atoms with Crippen LogP contribution in [0.15, 0.2) is 128 Å². The first-order chi connectivity index (χ1) is 19.1. The summed E-state index contributed by atoms with van der Waals surface area (Å²) in [5.41, 5.74) is 11.4. The number of benzene rings is 4. The molecule has 0 radical (unpaired) electrons. The molecule has 39 heavy (non-hydrogen) atoms. The third-order valence-corrected chi connectivity index (χ3v) is 7.23. The molecule has 0 saturated heterocycles. The zero-order valence-corrected chi connectivity index (χ0v) is 22.6. The standard InChI is InChI=1S/C35H32N4/c1-26-10-7-11-27(2)35(26)39(33-17-9-15-31(24-33)38-21-20-37(3)25-38)32-16-8-14-30(22-32)34-23-29(18-19-36-34)28-12-5-4-6-13-28/h4-24H,25H2,1-3H3. The average molecular weight is 509 g/mol. The monoisotopic (exact) mass is 508 g/mol. The van der Waals surface area contributed by atoms with E-state index in [4.69, 9.17) is 4.98 Å². The number of nitrogens with zero attached hydrogens (tertiary/aromatic N) is 4. The normalized spacial score (nSPS) is 12.7. The summed E-state index contributed by atoms with van der Waals surface area (Å²) in [6, 6.07) is 38.7. The maximum atomic E-state index is 4.75. The average Bonchev–Trinajstić information content (AvgIpc) is 3.42. The molecule has 0 unspecified atom stereocenters. The number of aryl methyl sites for hydroxylation is 2. The second kappa shape index (κ2) is 10.5. The molecule has 0 aliphatic carbocycles. The fourth-order valence-electron chi connectivity index (χ4n) is 5.28. The highest BCUT2D eigenvalue weighted by atomic mass is 15.3. The topological polar surface area (TPSA) is 22.6 Å². The maximum Gasteiger partial charge on any atom is 0.0938 e. The van der Waals surface area contributed by atoms with E-state index in [1.807, 2.05) is 12.3 Å². The molecular weight excluding hydrogens is 476 g/mol. The molecule has 0 atom stereocenters. The van der Waals surface area contributed by atoms with Crippen LogP contribution in [0, 0.1) is 13.8 Å². The van der Waals surface area contributed by atoms with Gasteiger partial charge in [-0.3, -0.25) is 4.98 Å². The van der Waals surface area contributed by atoms with Gasteiger partial charge in [0, 0.05) is 48.3 Å². The Morgan fingerprint density at radius 2 is 1.33 bits per heavy atom. The summed E-state index contributed by atoms with van der Waals surface area (Å²) in [6.07, 6.45) is 6.14. The molecule has 0 amide bonds. The molecule has 4 heteroatoms. The first-order valence-electron chi connectivity index (χ1n) is 13.3. The minimum absolute atomic E-state index is 0.839. The Kier molecular flexibility index (Phi) is 6.60. The van der Waals surface area contributed by atoms with Crippen molar-refractivity contribution in [3.05, 3.63) is 139 Å². The fourth-order valence-corrected chi connectivity index (χ4v) is 5.28. The predicted molar refractivity (Wildman–Crippen MR) is 164 cm³/mol. The highest BCUT2D eigenvalue weighted by Crippen LogP contribution is 2.41. The van der Waals surface area contributed by atoms with Gasteiger partial charge < -0.3 is 14.7 Å². The summed E-state index contributed by atoms with van der Waals surface area (Å²) in [4.78, 5) is 11.6. The zero-order chi connectivity index (χ0) is 26.8. The largest absolute Gasteiger partial charge is 0.361 e. The first kappa shape index (κ1) is 24.5. The van der Waals surface area contributed by atoms with Gasteiger partial charge in [-0.1, -0.05) is 66.7 Å². The molecule has 0 spiro atoms. The maximum absolute atomic E-state index is 4.75. The smallest absolute Gasteiger partial charge is 0.0938 e. The van der Waals surface area contributed by atoms with Crippen molar-refractivity contribution in [2.45, 2.75) is 13.8 Å². The summed E-state index contributed by atoms with van der Waals surface area (Å²) in [5.74, 6) is 0. The third-order valence-electron chi connectivity index (χ3n) is 7.23. The van der Waals surface area contributed by atoms with E-state index in [0.717, 1.165) is 40.6 Å². The Hall–Kier alpha value is -4.83. The van der Waals surface area contributed by atoms with Gasteiger partial charge in [0.1, 0.15) is 0 Å². The Labute approximate surface area is 231 Å². The summed E-state index contributed by atoms with van der Waals surface area (Å²) >= 11 is 0. The molecule has 0 saturated carbocycles. The van der Waals surface area contributed by atoms with Crippen LogP contribution in [0.2, 0.25) is 0 Å². The van der Waals surface area contributed by atoms with Crippen molar-refractivity contribution < 1.29 is 0 Å². The quantitative estimate of drug-likeness (QED) is 0.229. The first-order valence-corrected chi connectivity index (χ1v) is 13.3. The summed E-state index contributed by atoms with van der Waals surface area (Å²) in [6.45, 7) is 5.21. The third kappa shape index (κ3) is 5.01. The molecule has 2 heterocycles. The number of pyridine rings is 1. The number of hydrogen-bond acceptors (Lipinski definition) is 4. The second-order valence-electron chi connectivity index (χ2n) is 10.1. The van der Waals surface area contributed by atoms with Gasteiger partial charge in [-0.25, -0.2) is 0 Å². The van der Waals surface area contributed by atoms with Crippen LogP contribution >= 0.6 is 0 Å². The lowest BCUT2D eigenvalue weighted by Crippen LogP contribution is -2.22. The Bertz CT molecular complexity index is 1620. The van der Waals surface area contributed by atoms with Crippen molar-refractivity contribution in [1.29, 1.82) is 0 Å². The highest BCUT2D eigenvalue weighted by molar-refractivity contribution is 5.84. The molecule has 192 valence electrons. The molecule has 4 nitrogen and oxygen atoms in total. The Morgan fingerprint density at radius 1 is 0.641 bits per heavy atom. The molecule has 4 aromatic carbocycles. The number of rotatable bonds is 6. The van der Waals surface area contributed by atoms with Crippen LogP contribution in [0.4, 0.5) is 22.7 Å². The van der Waals surface area contributed by atoms with E-state index in [2.05, 4.69) is 151 Å². The van der Waals surface area contributed by atoms with Gasteiger partial charge >= 0.3 is 0 Å². The van der Waals surface area contributed by atoms with E-state index in [1.54, 1.807) is 0 Å². The van der Waals surface area contributed by atoms with Crippen molar-refractivity contribution in [3.8, 4) is 22.4 Å². The van der Waals surface area contributed by atoms with Crippen molar-refractivity contribution in [3.63, 3.8) is 0 Å². The van der Waals surface area contributed by atoms with Crippen molar-refractivity contribution in [1.82, 2.24) is 9.88 Å². The van der Waals surface area contributed by atoms with Crippen molar-refractivity contribution in [2.75, 3.05) is 23.5 Å². The van der Waals surface area contributed by atoms with Crippen LogP contribution in [0.25, 0.3) is 22.4 Å². The molecule has 5 aromatic rings. The van der Waals surface area contributed by atoms with E-state index < -0.39 is 0 Å². The van der Waals surface area contributed by atoms with E-state index in [-0.39, 0.29) is 0 Å². The SMILES string of the molecule is Cc1cccc(C)c1N(c1cccc(-c2cc(-c3ccccc3)ccn2)c1)c1cccc(N2C=CN(C)C2)c1. The van der Waals surface area contributed by atoms with Gasteiger partial charge in [-0.05, 0) is 78.6 Å². The van der Waals surface area contributed by atoms with E-state index >= 15 is 0 Å². The van der Waals surface area contributed by atoms with Crippen LogP contribution in [-0.2, 0) is 0 Å². The minimum atomic E-state index is 0.839. The number of anilines is 4. The molecule has 0 bridgehead atoms.